The molecule has 2 aromatic carbocycles. The molecule has 0 atom stereocenters. The molecule has 0 aliphatic carbocycles. The highest BCUT2D eigenvalue weighted by Gasteiger charge is 2.25. The highest BCUT2D eigenvalue weighted by molar-refractivity contribution is 7.21. The summed E-state index contributed by atoms with van der Waals surface area (Å²) in [4.78, 5) is 23.0. The van der Waals surface area contributed by atoms with Gasteiger partial charge in [-0.15, -0.1) is 22.7 Å². The van der Waals surface area contributed by atoms with Crippen molar-refractivity contribution < 1.29 is 9.53 Å². The van der Waals surface area contributed by atoms with Crippen LogP contribution in [-0.2, 0) is 0 Å². The zero-order chi connectivity index (χ0) is 27.0. The van der Waals surface area contributed by atoms with Gasteiger partial charge in [-0.2, -0.15) is 5.26 Å². The van der Waals surface area contributed by atoms with Crippen LogP contribution < -0.4 is 21.5 Å². The van der Waals surface area contributed by atoms with Crippen LogP contribution in [0.2, 0.25) is 0 Å². The van der Waals surface area contributed by atoms with E-state index in [1.54, 1.807) is 7.11 Å². The van der Waals surface area contributed by atoms with Crippen molar-refractivity contribution in [2.45, 2.75) is 19.8 Å². The molecule has 3 heterocycles. The standard InChI is InChI=1S/C28H24N6O2S2/c1-14(2)15-8-10-16(11-9-15)21-18(12-29)25(31)33-27-22(21)23(30)24(38-27)26(35)34-28-32-19(13-37-28)17-6-4-5-7-20(17)36-3/h4-11,13-14H,30H2,1-3H3,(H2,31,33)(H,32,34,35). The van der Waals surface area contributed by atoms with Crippen molar-refractivity contribution in [1.29, 1.82) is 5.26 Å². The van der Waals surface area contributed by atoms with Gasteiger partial charge in [0.2, 0.25) is 0 Å². The molecule has 8 nitrogen and oxygen atoms in total. The molecule has 5 N–H and O–H groups in total. The first-order valence-electron chi connectivity index (χ1n) is 11.7. The molecule has 190 valence electrons. The maximum atomic E-state index is 13.3. The van der Waals surface area contributed by atoms with Gasteiger partial charge in [-0.3, -0.25) is 10.1 Å². The molecule has 0 spiro atoms. The molecular formula is C28H24N6O2S2. The minimum Gasteiger partial charge on any atom is -0.496 e. The monoisotopic (exact) mass is 540 g/mol. The molecule has 0 unspecified atom stereocenters. The smallest absolute Gasteiger partial charge is 0.269 e. The topological polar surface area (TPSA) is 140 Å². The molecule has 5 aromatic rings. The number of thiazole rings is 1. The number of rotatable bonds is 6. The second-order valence-corrected chi connectivity index (χ2v) is 10.7. The third kappa shape index (κ3) is 4.42. The van der Waals surface area contributed by atoms with Gasteiger partial charge in [0.05, 0.1) is 18.5 Å². The molecular weight excluding hydrogens is 516 g/mol. The second kappa shape index (κ2) is 10.1. The zero-order valence-electron chi connectivity index (χ0n) is 20.9. The lowest BCUT2D eigenvalue weighted by Gasteiger charge is -2.11. The summed E-state index contributed by atoms with van der Waals surface area (Å²) in [6.07, 6.45) is 0. The fourth-order valence-corrected chi connectivity index (χ4v) is 5.95. The van der Waals surface area contributed by atoms with Crippen LogP contribution in [0.5, 0.6) is 5.75 Å². The van der Waals surface area contributed by atoms with E-state index in [1.807, 2.05) is 53.9 Å². The Labute approximate surface area is 227 Å². The SMILES string of the molecule is COc1ccccc1-c1csc(NC(=O)c2sc3nc(N)c(C#N)c(-c4ccc(C(C)C)cc4)c3c2N)n1. The van der Waals surface area contributed by atoms with E-state index in [1.165, 1.54) is 16.9 Å². The number of nitrogen functional groups attached to an aromatic ring is 2. The van der Waals surface area contributed by atoms with Crippen LogP contribution in [-0.4, -0.2) is 23.0 Å². The van der Waals surface area contributed by atoms with Crippen LogP contribution >= 0.6 is 22.7 Å². The zero-order valence-corrected chi connectivity index (χ0v) is 22.5. The lowest BCUT2D eigenvalue weighted by atomic mass is 9.94. The van der Waals surface area contributed by atoms with Crippen molar-refractivity contribution in [2.24, 2.45) is 0 Å². The molecule has 10 heteroatoms. The maximum Gasteiger partial charge on any atom is 0.269 e. The van der Waals surface area contributed by atoms with E-state index in [0.29, 0.717) is 38.3 Å². The number of pyridine rings is 1. The Morgan fingerprint density at radius 2 is 1.84 bits per heavy atom. The van der Waals surface area contributed by atoms with Gasteiger partial charge in [0, 0.05) is 21.9 Å². The summed E-state index contributed by atoms with van der Waals surface area (Å²) >= 11 is 2.43. The average Bonchev–Trinajstić information content (AvgIpc) is 3.51. The number of fused-ring (bicyclic) bond motifs is 1. The van der Waals surface area contributed by atoms with E-state index in [2.05, 4.69) is 35.2 Å². The molecule has 0 saturated carbocycles. The molecule has 0 aliphatic rings. The highest BCUT2D eigenvalue weighted by Crippen LogP contribution is 2.43. The Morgan fingerprint density at radius 1 is 1.11 bits per heavy atom. The van der Waals surface area contributed by atoms with Crippen LogP contribution in [0.15, 0.2) is 53.9 Å². The van der Waals surface area contributed by atoms with Gasteiger partial charge >= 0.3 is 0 Å². The van der Waals surface area contributed by atoms with Gasteiger partial charge < -0.3 is 16.2 Å². The Kier molecular flexibility index (Phi) is 6.72. The lowest BCUT2D eigenvalue weighted by Crippen LogP contribution is -2.11. The number of methoxy groups -OCH3 is 1. The minimum atomic E-state index is -0.412. The van der Waals surface area contributed by atoms with Gasteiger partial charge in [-0.25, -0.2) is 9.97 Å². The number of amides is 1. The summed E-state index contributed by atoms with van der Waals surface area (Å²) in [5.74, 6) is 0.732. The van der Waals surface area contributed by atoms with Gasteiger partial charge in [0.25, 0.3) is 5.91 Å². The molecule has 0 fully saturated rings. The quantitative estimate of drug-likeness (QED) is 0.223. The van der Waals surface area contributed by atoms with Crippen molar-refractivity contribution >= 4 is 55.4 Å². The second-order valence-electron chi connectivity index (χ2n) is 8.85. The van der Waals surface area contributed by atoms with Crippen LogP contribution in [0.1, 0.15) is 40.6 Å². The first-order valence-corrected chi connectivity index (χ1v) is 13.4. The number of carbonyl (C=O) groups excluding carboxylic acids is 1. The first kappa shape index (κ1) is 25.2. The number of para-hydroxylation sites is 1. The van der Waals surface area contributed by atoms with Gasteiger partial charge in [0.15, 0.2) is 5.13 Å². The lowest BCUT2D eigenvalue weighted by molar-refractivity contribution is 0.103. The fourth-order valence-electron chi connectivity index (χ4n) is 4.24. The minimum absolute atomic E-state index is 0.0949. The maximum absolute atomic E-state index is 13.3. The predicted octanol–water partition coefficient (Wildman–Crippen LogP) is 6.51. The van der Waals surface area contributed by atoms with Gasteiger partial charge in [0.1, 0.15) is 32.9 Å². The summed E-state index contributed by atoms with van der Waals surface area (Å²) in [6, 6.07) is 17.6. The number of nitriles is 1. The molecule has 0 bridgehead atoms. The largest absolute Gasteiger partial charge is 0.496 e. The highest BCUT2D eigenvalue weighted by atomic mass is 32.1. The fraction of sp³-hybridized carbons (Fsp3) is 0.143. The van der Waals surface area contributed by atoms with E-state index in [9.17, 15) is 10.1 Å². The summed E-state index contributed by atoms with van der Waals surface area (Å²) in [5, 5.41) is 15.5. The number of nitrogens with one attached hydrogen (secondary N) is 1. The third-order valence-corrected chi connectivity index (χ3v) is 8.05. The number of aromatic nitrogens is 2. The van der Waals surface area contributed by atoms with Crippen molar-refractivity contribution in [3.05, 3.63) is 69.9 Å². The predicted molar refractivity (Wildman–Crippen MR) is 155 cm³/mol. The van der Waals surface area contributed by atoms with E-state index in [4.69, 9.17) is 16.2 Å². The Morgan fingerprint density at radius 3 is 2.53 bits per heavy atom. The number of hydrogen-bond acceptors (Lipinski definition) is 9. The summed E-state index contributed by atoms with van der Waals surface area (Å²) in [5.41, 5.74) is 17.2. The number of anilines is 3. The number of nitrogens with two attached hydrogens (primary N) is 2. The summed E-state index contributed by atoms with van der Waals surface area (Å²) in [7, 11) is 1.60. The average molecular weight is 541 g/mol. The molecule has 0 saturated heterocycles. The molecule has 3 aromatic heterocycles. The van der Waals surface area contributed by atoms with Gasteiger partial charge in [-0.1, -0.05) is 50.2 Å². The van der Waals surface area contributed by atoms with Crippen LogP contribution in [0, 0.1) is 11.3 Å². The number of hydrogen-bond donors (Lipinski definition) is 3. The van der Waals surface area contributed by atoms with Gasteiger partial charge in [-0.05, 0) is 29.2 Å². The molecule has 38 heavy (non-hydrogen) atoms. The van der Waals surface area contributed by atoms with E-state index >= 15 is 0 Å². The van der Waals surface area contributed by atoms with Crippen LogP contribution in [0.25, 0.3) is 32.6 Å². The number of carbonyl (C=O) groups is 1. The van der Waals surface area contributed by atoms with E-state index in [0.717, 1.165) is 22.5 Å². The summed E-state index contributed by atoms with van der Waals surface area (Å²) < 4.78 is 5.43. The summed E-state index contributed by atoms with van der Waals surface area (Å²) in [6.45, 7) is 4.23. The number of benzene rings is 2. The van der Waals surface area contributed by atoms with Crippen LogP contribution in [0.3, 0.4) is 0 Å². The third-order valence-electron chi connectivity index (χ3n) is 6.20. The first-order chi connectivity index (χ1) is 18.3. The molecule has 0 radical (unpaired) electrons. The van der Waals surface area contributed by atoms with Crippen molar-refractivity contribution in [2.75, 3.05) is 23.9 Å². The van der Waals surface area contributed by atoms with E-state index < -0.39 is 5.91 Å². The van der Waals surface area contributed by atoms with Crippen molar-refractivity contribution in [3.63, 3.8) is 0 Å². The molecule has 1 amide bonds. The van der Waals surface area contributed by atoms with E-state index in [-0.39, 0.29) is 21.9 Å². The number of ether oxygens (including phenoxy) is 1. The Balaban J connectivity index is 1.54. The van der Waals surface area contributed by atoms with Crippen molar-refractivity contribution in [3.8, 4) is 34.2 Å². The Bertz CT molecular complexity index is 1710. The Hall–Kier alpha value is -4.46. The number of nitrogens with zero attached hydrogens (tertiary/aromatic N) is 3. The molecule has 5 rings (SSSR count). The normalized spacial score (nSPS) is 11.0. The van der Waals surface area contributed by atoms with Crippen molar-refractivity contribution in [1.82, 2.24) is 9.97 Å². The van der Waals surface area contributed by atoms with Crippen LogP contribution in [0.4, 0.5) is 16.6 Å². The number of thiophene rings is 1. The molecule has 0 aliphatic heterocycles.